The monoisotopic (exact) mass is 312 g/mol. The second-order valence-electron chi connectivity index (χ2n) is 6.22. The van der Waals surface area contributed by atoms with Crippen LogP contribution in [0.3, 0.4) is 0 Å². The highest BCUT2D eigenvalue weighted by molar-refractivity contribution is 7.89. The maximum Gasteiger partial charge on any atom is 0.287 e. The number of fused-ring (bicyclic) bond motifs is 2. The Balaban J connectivity index is 1.63. The van der Waals surface area contributed by atoms with Crippen LogP contribution < -0.4 is 10.5 Å². The van der Waals surface area contributed by atoms with Crippen LogP contribution in [0.4, 0.5) is 0 Å². The second-order valence-corrected chi connectivity index (χ2v) is 7.75. The van der Waals surface area contributed by atoms with Gasteiger partial charge in [-0.25, -0.2) is 13.6 Å². The molecule has 1 heterocycles. The number of nitrogens with two attached hydrogens (primary N) is 1. The topological polar surface area (TPSA) is 102 Å². The van der Waals surface area contributed by atoms with Crippen molar-refractivity contribution in [2.45, 2.75) is 37.5 Å². The van der Waals surface area contributed by atoms with E-state index in [0.717, 1.165) is 11.8 Å². The van der Waals surface area contributed by atoms with Crippen molar-refractivity contribution in [1.82, 2.24) is 5.32 Å². The van der Waals surface area contributed by atoms with E-state index in [2.05, 4.69) is 5.32 Å². The largest absolute Gasteiger partial charge is 0.455 e. The molecular weight excluding hydrogens is 292 g/mol. The molecule has 0 aromatic carbocycles. The summed E-state index contributed by atoms with van der Waals surface area (Å²) in [5.41, 5.74) is 0. The molecule has 0 radical (unpaired) electrons. The van der Waals surface area contributed by atoms with Gasteiger partial charge in [-0.3, -0.25) is 4.79 Å². The van der Waals surface area contributed by atoms with Gasteiger partial charge < -0.3 is 9.73 Å². The summed E-state index contributed by atoms with van der Waals surface area (Å²) in [6.45, 7) is 2.11. The molecule has 3 rings (SSSR count). The molecule has 2 bridgehead atoms. The number of hydrogen-bond donors (Lipinski definition) is 2. The predicted octanol–water partition coefficient (Wildman–Crippen LogP) is 1.40. The molecule has 2 fully saturated rings. The van der Waals surface area contributed by atoms with Gasteiger partial charge in [-0.2, -0.15) is 0 Å². The molecule has 3 unspecified atom stereocenters. The number of carbonyl (C=O) groups excluding carboxylic acids is 1. The third-order valence-electron chi connectivity index (χ3n) is 4.81. The maximum atomic E-state index is 12.1. The normalized spacial score (nSPS) is 28.0. The summed E-state index contributed by atoms with van der Waals surface area (Å²) in [7, 11) is -3.86. The fraction of sp³-hybridized carbons (Fsp3) is 0.643. The zero-order valence-corrected chi connectivity index (χ0v) is 12.8. The van der Waals surface area contributed by atoms with Crippen LogP contribution in [0.15, 0.2) is 15.4 Å². The van der Waals surface area contributed by atoms with Crippen molar-refractivity contribution in [3.63, 3.8) is 0 Å². The van der Waals surface area contributed by atoms with E-state index in [1.54, 1.807) is 0 Å². The number of aryl methyl sites for hydroxylation is 1. The average molecular weight is 312 g/mol. The van der Waals surface area contributed by atoms with Crippen LogP contribution >= 0.6 is 0 Å². The van der Waals surface area contributed by atoms with Crippen molar-refractivity contribution < 1.29 is 17.6 Å². The Morgan fingerprint density at radius 1 is 1.43 bits per heavy atom. The molecule has 7 heteroatoms. The fourth-order valence-corrected chi connectivity index (χ4v) is 4.51. The van der Waals surface area contributed by atoms with Gasteiger partial charge >= 0.3 is 0 Å². The third kappa shape index (κ3) is 2.85. The molecule has 2 saturated carbocycles. The van der Waals surface area contributed by atoms with Crippen molar-refractivity contribution in [2.24, 2.45) is 22.9 Å². The summed E-state index contributed by atoms with van der Waals surface area (Å²) >= 11 is 0. The molecule has 1 amide bonds. The molecule has 21 heavy (non-hydrogen) atoms. The van der Waals surface area contributed by atoms with Gasteiger partial charge in [-0.1, -0.05) is 6.42 Å². The average Bonchev–Trinajstić information content (AvgIpc) is 3.09. The lowest BCUT2D eigenvalue weighted by Crippen LogP contribution is -2.31. The van der Waals surface area contributed by atoms with Crippen LogP contribution in [-0.4, -0.2) is 20.9 Å². The first kappa shape index (κ1) is 14.6. The minimum absolute atomic E-state index is 0.000295. The van der Waals surface area contributed by atoms with Crippen molar-refractivity contribution in [3.8, 4) is 0 Å². The number of furan rings is 1. The molecule has 1 aromatic heterocycles. The molecule has 0 aliphatic heterocycles. The van der Waals surface area contributed by atoms with Gasteiger partial charge in [0.2, 0.25) is 10.0 Å². The van der Waals surface area contributed by atoms with Gasteiger partial charge in [0.05, 0.1) is 0 Å². The molecule has 0 spiro atoms. The van der Waals surface area contributed by atoms with E-state index in [4.69, 9.17) is 9.56 Å². The highest BCUT2D eigenvalue weighted by Crippen LogP contribution is 2.47. The zero-order valence-electron chi connectivity index (χ0n) is 12.0. The lowest BCUT2D eigenvalue weighted by molar-refractivity contribution is 0.0912. The Morgan fingerprint density at radius 3 is 2.71 bits per heavy atom. The second kappa shape index (κ2) is 5.14. The number of rotatable bonds is 4. The highest BCUT2D eigenvalue weighted by Gasteiger charge is 2.39. The quantitative estimate of drug-likeness (QED) is 0.877. The molecule has 0 saturated heterocycles. The van der Waals surface area contributed by atoms with Crippen LogP contribution in [-0.2, 0) is 10.0 Å². The van der Waals surface area contributed by atoms with E-state index in [-0.39, 0.29) is 22.3 Å². The lowest BCUT2D eigenvalue weighted by Gasteiger charge is -2.21. The fourth-order valence-electron chi connectivity index (χ4n) is 3.80. The summed E-state index contributed by atoms with van der Waals surface area (Å²) in [5, 5.41) is 7.92. The van der Waals surface area contributed by atoms with E-state index in [9.17, 15) is 13.2 Å². The summed E-state index contributed by atoms with van der Waals surface area (Å²) in [5.74, 6) is 1.87. The highest BCUT2D eigenvalue weighted by atomic mass is 32.2. The van der Waals surface area contributed by atoms with E-state index in [1.165, 1.54) is 38.7 Å². The summed E-state index contributed by atoms with van der Waals surface area (Å²) < 4.78 is 27.9. The molecular formula is C14H20N2O4S. The standard InChI is InChI=1S/C14H20N2O4S/c1-8-13(21(15,18)19)6-12(20-8)14(17)16-7-11-5-9-2-3-10(11)4-9/h6,9-11H,2-5,7H2,1H3,(H,16,17)(H2,15,18,19). The smallest absolute Gasteiger partial charge is 0.287 e. The first-order chi connectivity index (χ1) is 9.84. The van der Waals surface area contributed by atoms with E-state index in [1.807, 2.05) is 0 Å². The Bertz CT molecular complexity index is 665. The van der Waals surface area contributed by atoms with Crippen LogP contribution in [0.5, 0.6) is 0 Å². The summed E-state index contributed by atoms with van der Waals surface area (Å²) in [6.07, 6.45) is 5.06. The van der Waals surface area contributed by atoms with Gasteiger partial charge in [0.25, 0.3) is 5.91 Å². The molecule has 2 aliphatic carbocycles. The van der Waals surface area contributed by atoms with Crippen molar-refractivity contribution in [1.29, 1.82) is 0 Å². The number of primary sulfonamides is 1. The third-order valence-corrected chi connectivity index (χ3v) is 5.83. The predicted molar refractivity (Wildman–Crippen MR) is 76.1 cm³/mol. The van der Waals surface area contributed by atoms with E-state index >= 15 is 0 Å². The number of sulfonamides is 1. The van der Waals surface area contributed by atoms with Gasteiger partial charge in [0.1, 0.15) is 10.7 Å². The van der Waals surface area contributed by atoms with Crippen molar-refractivity contribution in [2.75, 3.05) is 6.54 Å². The van der Waals surface area contributed by atoms with Crippen LogP contribution in [0.1, 0.15) is 42.0 Å². The van der Waals surface area contributed by atoms with Crippen LogP contribution in [0, 0.1) is 24.7 Å². The number of nitrogens with one attached hydrogen (secondary N) is 1. The molecule has 116 valence electrons. The van der Waals surface area contributed by atoms with E-state index in [0.29, 0.717) is 12.5 Å². The molecule has 6 nitrogen and oxygen atoms in total. The number of amides is 1. The van der Waals surface area contributed by atoms with E-state index < -0.39 is 10.0 Å². The SMILES string of the molecule is Cc1oc(C(=O)NCC2CC3CCC2C3)cc1S(N)(=O)=O. The number of carbonyl (C=O) groups is 1. The minimum Gasteiger partial charge on any atom is -0.455 e. The zero-order chi connectivity index (χ0) is 15.2. The van der Waals surface area contributed by atoms with Gasteiger partial charge in [-0.05, 0) is 43.9 Å². The lowest BCUT2D eigenvalue weighted by atomic mass is 9.89. The number of hydrogen-bond acceptors (Lipinski definition) is 4. The molecule has 2 aliphatic rings. The summed E-state index contributed by atoms with van der Waals surface area (Å²) in [4.78, 5) is 11.9. The Kier molecular flexibility index (Phi) is 3.57. The van der Waals surface area contributed by atoms with Gasteiger partial charge in [-0.15, -0.1) is 0 Å². The molecule has 3 atom stereocenters. The molecule has 1 aromatic rings. The van der Waals surface area contributed by atoms with Gasteiger partial charge in [0, 0.05) is 12.6 Å². The van der Waals surface area contributed by atoms with Gasteiger partial charge in [0.15, 0.2) is 5.76 Å². The minimum atomic E-state index is -3.86. The first-order valence-electron chi connectivity index (χ1n) is 7.26. The Hall–Kier alpha value is -1.34. The van der Waals surface area contributed by atoms with Crippen LogP contribution in [0.25, 0.3) is 0 Å². The maximum absolute atomic E-state index is 12.1. The van der Waals surface area contributed by atoms with Crippen molar-refractivity contribution >= 4 is 15.9 Å². The first-order valence-corrected chi connectivity index (χ1v) is 8.80. The van der Waals surface area contributed by atoms with Crippen LogP contribution in [0.2, 0.25) is 0 Å². The van der Waals surface area contributed by atoms with Crippen molar-refractivity contribution in [3.05, 3.63) is 17.6 Å². The Morgan fingerprint density at radius 2 is 2.19 bits per heavy atom. The summed E-state index contributed by atoms with van der Waals surface area (Å²) in [6, 6.07) is 1.20. The Labute approximate surface area is 124 Å². The molecule has 3 N–H and O–H groups in total.